The number of halogens is 1. The molecule has 0 saturated heterocycles. The molecule has 0 amide bonds. The molecule has 0 aromatic heterocycles. The molecule has 1 rings (SSSR count). The van der Waals surface area contributed by atoms with Crippen molar-refractivity contribution in [2.24, 2.45) is 0 Å². The van der Waals surface area contributed by atoms with E-state index >= 15 is 0 Å². The summed E-state index contributed by atoms with van der Waals surface area (Å²) in [4.78, 5) is 13.5. The van der Waals surface area contributed by atoms with E-state index in [0.29, 0.717) is 18.2 Å². The molecule has 0 spiro atoms. The second-order valence-corrected chi connectivity index (χ2v) is 8.09. The lowest BCUT2D eigenvalue weighted by molar-refractivity contribution is -0.885. The molecule has 0 heterocycles. The summed E-state index contributed by atoms with van der Waals surface area (Å²) in [5.74, 6) is 0.528. The summed E-state index contributed by atoms with van der Waals surface area (Å²) in [7, 11) is 4.28. The molecule has 3 nitrogen and oxygen atoms in total. The lowest BCUT2D eigenvalue weighted by Gasteiger charge is -2.20. The van der Waals surface area contributed by atoms with Gasteiger partial charge in [0.1, 0.15) is 5.75 Å². The number of benzene rings is 1. The van der Waals surface area contributed by atoms with Crippen LogP contribution >= 0.6 is 0 Å². The van der Waals surface area contributed by atoms with Crippen LogP contribution in [0.25, 0.3) is 0 Å². The summed E-state index contributed by atoms with van der Waals surface area (Å²) >= 11 is 0. The van der Waals surface area contributed by atoms with E-state index < -0.39 is 0 Å². The van der Waals surface area contributed by atoms with Crippen LogP contribution in [0.2, 0.25) is 0 Å². The molecule has 28 heavy (non-hydrogen) atoms. The minimum atomic E-state index is -0.115. The van der Waals surface area contributed by atoms with Crippen molar-refractivity contribution in [1.82, 2.24) is 0 Å². The molecule has 0 radical (unpaired) electrons. The molecule has 1 aromatic carbocycles. The second kappa shape index (κ2) is 18.2. The zero-order chi connectivity index (χ0) is 19.7. The van der Waals surface area contributed by atoms with Gasteiger partial charge in [-0.05, 0) is 25.0 Å². The average Bonchev–Trinajstić information content (AvgIpc) is 2.65. The van der Waals surface area contributed by atoms with Crippen LogP contribution in [-0.4, -0.2) is 26.1 Å². The van der Waals surface area contributed by atoms with E-state index in [9.17, 15) is 4.79 Å². The van der Waals surface area contributed by atoms with Crippen LogP contribution in [0.5, 0.6) is 5.75 Å². The van der Waals surface area contributed by atoms with Crippen LogP contribution in [0, 0.1) is 0 Å². The van der Waals surface area contributed by atoms with Crippen molar-refractivity contribution < 1.29 is 31.4 Å². The first-order valence-corrected chi connectivity index (χ1v) is 11.2. The van der Waals surface area contributed by atoms with Crippen LogP contribution in [0.15, 0.2) is 30.3 Å². The lowest BCUT2D eigenvalue weighted by Crippen LogP contribution is -3.10. The summed E-state index contributed by atoms with van der Waals surface area (Å²) in [6, 6.07) is 9.72. The quantitative estimate of drug-likeness (QED) is 0.235. The van der Waals surface area contributed by atoms with Gasteiger partial charge in [0.25, 0.3) is 0 Å². The Labute approximate surface area is 184 Å². The highest BCUT2D eigenvalue weighted by Gasteiger charge is 2.20. The van der Waals surface area contributed by atoms with Crippen molar-refractivity contribution in [3.05, 3.63) is 30.3 Å². The molecule has 1 N–H and O–H groups in total. The fourth-order valence-corrected chi connectivity index (χ4v) is 3.51. The van der Waals surface area contributed by atoms with E-state index in [2.05, 4.69) is 21.0 Å². The van der Waals surface area contributed by atoms with E-state index in [4.69, 9.17) is 4.74 Å². The Hall–Kier alpha value is -0.870. The van der Waals surface area contributed by atoms with E-state index in [1.807, 2.05) is 30.3 Å². The summed E-state index contributed by atoms with van der Waals surface area (Å²) in [5, 5.41) is 0. The number of rotatable bonds is 16. The van der Waals surface area contributed by atoms with Gasteiger partial charge < -0.3 is 26.6 Å². The standard InChI is InChI=1S/C24H41NO2.BrH/c1-4-5-6-7-8-9-10-11-12-13-15-18-22(25(2)3)21-24(26)27-23-19-16-14-17-20-23;/h14,16-17,19-20,22H,4-13,15,18,21H2,1-3H3;1H. The van der Waals surface area contributed by atoms with Crippen LogP contribution in [-0.2, 0) is 4.79 Å². The fraction of sp³-hybridized carbons (Fsp3) is 0.708. The highest BCUT2D eigenvalue weighted by Crippen LogP contribution is 2.14. The highest BCUT2D eigenvalue weighted by molar-refractivity contribution is 5.72. The molecule has 0 aliphatic carbocycles. The van der Waals surface area contributed by atoms with Crippen LogP contribution in [0.1, 0.15) is 90.4 Å². The third-order valence-corrected chi connectivity index (χ3v) is 5.36. The largest absolute Gasteiger partial charge is 1.00 e. The lowest BCUT2D eigenvalue weighted by atomic mass is 10.0. The number of hydrogen-bond acceptors (Lipinski definition) is 2. The highest BCUT2D eigenvalue weighted by atomic mass is 79.9. The summed E-state index contributed by atoms with van der Waals surface area (Å²) in [6.07, 6.45) is 16.6. The number of nitrogens with one attached hydrogen (secondary N) is 1. The van der Waals surface area contributed by atoms with Crippen LogP contribution in [0.3, 0.4) is 0 Å². The molecule has 0 saturated carbocycles. The molecule has 162 valence electrons. The Kier molecular flexibility index (Phi) is 17.6. The molecule has 0 aliphatic rings. The number of esters is 1. The van der Waals surface area contributed by atoms with Crippen molar-refractivity contribution in [2.75, 3.05) is 14.1 Å². The normalized spacial score (nSPS) is 11.9. The maximum Gasteiger partial charge on any atom is 0.317 e. The summed E-state index contributed by atoms with van der Waals surface area (Å²) in [6.45, 7) is 2.27. The predicted molar refractivity (Wildman–Crippen MR) is 114 cm³/mol. The van der Waals surface area contributed by atoms with E-state index in [1.165, 1.54) is 75.5 Å². The molecule has 0 aliphatic heterocycles. The van der Waals surface area contributed by atoms with Crippen LogP contribution in [0.4, 0.5) is 0 Å². The van der Waals surface area contributed by atoms with Gasteiger partial charge in [-0.15, -0.1) is 0 Å². The Morgan fingerprint density at radius 1 is 0.857 bits per heavy atom. The molecule has 0 bridgehead atoms. The third kappa shape index (κ3) is 14.2. The second-order valence-electron chi connectivity index (χ2n) is 8.09. The molecule has 0 fully saturated rings. The SMILES string of the molecule is CCCCCCCCCCCCCC(CC(=O)Oc1ccccc1)[NH+](C)C.[Br-]. The monoisotopic (exact) mass is 455 g/mol. The van der Waals surface area contributed by atoms with Gasteiger partial charge in [0.15, 0.2) is 0 Å². The summed E-state index contributed by atoms with van der Waals surface area (Å²) < 4.78 is 5.45. The fourth-order valence-electron chi connectivity index (χ4n) is 3.51. The number of unbranched alkanes of at least 4 members (excludes halogenated alkanes) is 10. The number of para-hydroxylation sites is 1. The van der Waals surface area contributed by atoms with E-state index in [1.54, 1.807) is 0 Å². The molecule has 1 aromatic rings. The average molecular weight is 457 g/mol. The Bertz CT molecular complexity index is 479. The predicted octanol–water partition coefficient (Wildman–Crippen LogP) is 2.20. The first-order chi connectivity index (χ1) is 13.1. The Morgan fingerprint density at radius 3 is 1.86 bits per heavy atom. The van der Waals surface area contributed by atoms with Gasteiger partial charge in [-0.3, -0.25) is 4.79 Å². The van der Waals surface area contributed by atoms with E-state index in [0.717, 1.165) is 6.42 Å². The minimum Gasteiger partial charge on any atom is -1.00 e. The molecule has 1 atom stereocenters. The first-order valence-electron chi connectivity index (χ1n) is 11.2. The molecule has 4 heteroatoms. The maximum absolute atomic E-state index is 12.2. The number of hydrogen-bond donors (Lipinski definition) is 1. The Balaban J connectivity index is 0.00000729. The Morgan fingerprint density at radius 2 is 1.36 bits per heavy atom. The van der Waals surface area contributed by atoms with Gasteiger partial charge in [-0.25, -0.2) is 0 Å². The van der Waals surface area contributed by atoms with Gasteiger partial charge in [0.05, 0.1) is 26.6 Å². The maximum atomic E-state index is 12.2. The summed E-state index contributed by atoms with van der Waals surface area (Å²) in [5.41, 5.74) is 0. The first kappa shape index (κ1) is 27.1. The molecular formula is C24H42BrNO2. The van der Waals surface area contributed by atoms with E-state index in [-0.39, 0.29) is 23.0 Å². The van der Waals surface area contributed by atoms with Gasteiger partial charge >= 0.3 is 5.97 Å². The zero-order valence-electron chi connectivity index (χ0n) is 18.4. The number of carbonyl (C=O) groups excluding carboxylic acids is 1. The van der Waals surface area contributed by atoms with Crippen molar-refractivity contribution in [2.45, 2.75) is 96.4 Å². The van der Waals surface area contributed by atoms with Gasteiger partial charge in [-0.1, -0.05) is 89.3 Å². The third-order valence-electron chi connectivity index (χ3n) is 5.36. The van der Waals surface area contributed by atoms with Crippen molar-refractivity contribution in [1.29, 1.82) is 0 Å². The number of quaternary nitrogens is 1. The van der Waals surface area contributed by atoms with Gasteiger partial charge in [0, 0.05) is 0 Å². The topological polar surface area (TPSA) is 30.7 Å². The molecule has 1 unspecified atom stereocenters. The van der Waals surface area contributed by atoms with Crippen molar-refractivity contribution in [3.63, 3.8) is 0 Å². The van der Waals surface area contributed by atoms with Crippen LogP contribution < -0.4 is 26.6 Å². The number of ether oxygens (including phenoxy) is 1. The van der Waals surface area contributed by atoms with Gasteiger partial charge in [-0.2, -0.15) is 0 Å². The smallest absolute Gasteiger partial charge is 0.317 e. The molecular weight excluding hydrogens is 414 g/mol. The van der Waals surface area contributed by atoms with Crippen molar-refractivity contribution >= 4 is 5.97 Å². The minimum absolute atomic E-state index is 0. The number of carbonyl (C=O) groups is 1. The van der Waals surface area contributed by atoms with Crippen molar-refractivity contribution in [3.8, 4) is 5.75 Å². The zero-order valence-corrected chi connectivity index (χ0v) is 19.9. The van der Waals surface area contributed by atoms with Gasteiger partial charge in [0.2, 0.25) is 0 Å².